The average Bonchev–Trinajstić information content (AvgIpc) is 3.43. The summed E-state index contributed by atoms with van der Waals surface area (Å²) in [5.74, 6) is -0.0683. The van der Waals surface area contributed by atoms with Gasteiger partial charge in [0.15, 0.2) is 0 Å². The fourth-order valence-electron chi connectivity index (χ4n) is 9.70. The molecular formula is C73H127NO3. The minimum absolute atomic E-state index is 0.0683. The van der Waals surface area contributed by atoms with Gasteiger partial charge in [-0.1, -0.05) is 341 Å². The lowest BCUT2D eigenvalue weighted by Gasteiger charge is -2.20. The number of allylic oxidation sites excluding steroid dienone is 19. The standard InChI is InChI=1S/C73H127NO3/c1-3-5-7-9-11-13-15-17-19-21-23-25-27-29-31-32-33-34-35-36-37-38-39-40-41-42-43-45-47-49-51-53-55-57-59-61-63-65-67-69-73(77)74-71(70-75)72(76)68-66-64-62-60-58-56-54-52-50-48-46-44-30-28-26-24-22-20-18-16-14-12-10-8-6-4-2/h5,7,11,13,17,19,23,25,29,31,33-34,36-37,39-40,42-43,66,68,71-72,75-76H,3-4,6,8-10,12,14-16,18,20-22,24,26-28,30,32,35,38,41,44-65,67,69-70H2,1-2H3,(H,74,77)/b7-5-,13-11-,19-17-,25-23-,31-29-,34-33-,37-36-,40-39-,43-42-,68-66+. The summed E-state index contributed by atoms with van der Waals surface area (Å²) >= 11 is 0. The predicted octanol–water partition coefficient (Wildman–Crippen LogP) is 22.8. The van der Waals surface area contributed by atoms with Crippen LogP contribution in [0.15, 0.2) is 122 Å². The van der Waals surface area contributed by atoms with Gasteiger partial charge < -0.3 is 15.5 Å². The monoisotopic (exact) mass is 1070 g/mol. The number of nitrogens with one attached hydrogen (secondary N) is 1. The van der Waals surface area contributed by atoms with Crippen molar-refractivity contribution < 1.29 is 15.0 Å². The second-order valence-corrected chi connectivity index (χ2v) is 22.2. The minimum Gasteiger partial charge on any atom is -0.394 e. The van der Waals surface area contributed by atoms with Gasteiger partial charge >= 0.3 is 0 Å². The van der Waals surface area contributed by atoms with Crippen molar-refractivity contribution in [3.8, 4) is 0 Å². The van der Waals surface area contributed by atoms with E-state index in [1.807, 2.05) is 6.08 Å². The topological polar surface area (TPSA) is 69.6 Å². The molecule has 3 N–H and O–H groups in total. The number of hydrogen-bond donors (Lipinski definition) is 3. The number of aliphatic hydroxyl groups excluding tert-OH is 2. The Morgan fingerprint density at radius 1 is 0.325 bits per heavy atom. The highest BCUT2D eigenvalue weighted by Crippen LogP contribution is 2.17. The van der Waals surface area contributed by atoms with Crippen molar-refractivity contribution in [2.75, 3.05) is 6.61 Å². The first-order valence-electron chi connectivity index (χ1n) is 33.2. The number of rotatable bonds is 60. The summed E-state index contributed by atoms with van der Waals surface area (Å²) in [6, 6.07) is -0.633. The van der Waals surface area contributed by atoms with E-state index in [-0.39, 0.29) is 12.5 Å². The molecule has 0 fully saturated rings. The Balaban J connectivity index is 3.55. The second kappa shape index (κ2) is 67.1. The molecule has 0 aromatic heterocycles. The molecule has 0 rings (SSSR count). The maximum Gasteiger partial charge on any atom is 0.220 e. The Bertz CT molecular complexity index is 1490. The van der Waals surface area contributed by atoms with E-state index in [9.17, 15) is 15.0 Å². The largest absolute Gasteiger partial charge is 0.394 e. The molecule has 4 heteroatoms. The lowest BCUT2D eigenvalue weighted by atomic mass is 10.0. The van der Waals surface area contributed by atoms with Crippen molar-refractivity contribution in [1.82, 2.24) is 5.32 Å². The first kappa shape index (κ1) is 73.8. The number of unbranched alkanes of at least 4 members (excludes halogenated alkanes) is 35. The summed E-state index contributed by atoms with van der Waals surface area (Å²) in [4.78, 5) is 12.5. The fourth-order valence-corrected chi connectivity index (χ4v) is 9.70. The van der Waals surface area contributed by atoms with E-state index >= 15 is 0 Å². The molecule has 0 bridgehead atoms. The molecule has 442 valence electrons. The van der Waals surface area contributed by atoms with E-state index in [1.54, 1.807) is 6.08 Å². The van der Waals surface area contributed by atoms with Crippen LogP contribution in [-0.2, 0) is 4.79 Å². The molecule has 0 aliphatic heterocycles. The Morgan fingerprint density at radius 3 is 0.857 bits per heavy atom. The molecule has 0 saturated carbocycles. The van der Waals surface area contributed by atoms with Gasteiger partial charge in [0.1, 0.15) is 0 Å². The highest BCUT2D eigenvalue weighted by atomic mass is 16.3. The molecule has 1 amide bonds. The van der Waals surface area contributed by atoms with Gasteiger partial charge in [-0.2, -0.15) is 0 Å². The summed E-state index contributed by atoms with van der Waals surface area (Å²) in [6.45, 7) is 4.21. The molecule has 0 aromatic carbocycles. The third-order valence-electron chi connectivity index (χ3n) is 14.7. The van der Waals surface area contributed by atoms with Crippen LogP contribution in [0.2, 0.25) is 0 Å². The Morgan fingerprint density at radius 2 is 0.571 bits per heavy atom. The van der Waals surface area contributed by atoms with Crippen molar-refractivity contribution in [3.05, 3.63) is 122 Å². The van der Waals surface area contributed by atoms with Gasteiger partial charge in [0.25, 0.3) is 0 Å². The first-order chi connectivity index (χ1) is 38.2. The van der Waals surface area contributed by atoms with Crippen LogP contribution in [0.25, 0.3) is 0 Å². The number of aliphatic hydroxyl groups is 2. The molecule has 0 aromatic rings. The lowest BCUT2D eigenvalue weighted by molar-refractivity contribution is -0.123. The number of amides is 1. The van der Waals surface area contributed by atoms with Gasteiger partial charge in [-0.25, -0.2) is 0 Å². The van der Waals surface area contributed by atoms with Gasteiger partial charge in [-0.3, -0.25) is 4.79 Å². The zero-order valence-corrected chi connectivity index (χ0v) is 50.9. The maximum absolute atomic E-state index is 12.5. The summed E-state index contributed by atoms with van der Waals surface area (Å²) in [6.07, 6.45) is 103. The second-order valence-electron chi connectivity index (χ2n) is 22.2. The third kappa shape index (κ3) is 63.5. The zero-order valence-electron chi connectivity index (χ0n) is 50.9. The third-order valence-corrected chi connectivity index (χ3v) is 14.7. The number of carbonyl (C=O) groups excluding carboxylic acids is 1. The van der Waals surface area contributed by atoms with Crippen molar-refractivity contribution in [2.24, 2.45) is 0 Å². The van der Waals surface area contributed by atoms with E-state index in [4.69, 9.17) is 0 Å². The maximum atomic E-state index is 12.5. The molecule has 2 atom stereocenters. The van der Waals surface area contributed by atoms with E-state index < -0.39 is 12.1 Å². The number of hydrogen-bond acceptors (Lipinski definition) is 3. The van der Waals surface area contributed by atoms with E-state index in [0.717, 1.165) is 83.5 Å². The minimum atomic E-state index is -0.849. The van der Waals surface area contributed by atoms with E-state index in [0.29, 0.717) is 6.42 Å². The molecule has 0 aliphatic rings. The number of carbonyl (C=O) groups is 1. The van der Waals surface area contributed by atoms with Crippen molar-refractivity contribution >= 4 is 5.91 Å². The summed E-state index contributed by atoms with van der Waals surface area (Å²) < 4.78 is 0. The Kier molecular flexibility index (Phi) is 64.3. The first-order valence-corrected chi connectivity index (χ1v) is 33.2. The molecule has 0 radical (unpaired) electrons. The Hall–Kier alpha value is -3.21. The van der Waals surface area contributed by atoms with Gasteiger partial charge in [0, 0.05) is 6.42 Å². The van der Waals surface area contributed by atoms with Crippen LogP contribution < -0.4 is 5.32 Å². The van der Waals surface area contributed by atoms with Crippen LogP contribution in [0.5, 0.6) is 0 Å². The molecule has 77 heavy (non-hydrogen) atoms. The van der Waals surface area contributed by atoms with E-state index in [1.165, 1.54) is 212 Å². The highest BCUT2D eigenvalue weighted by Gasteiger charge is 2.18. The lowest BCUT2D eigenvalue weighted by Crippen LogP contribution is -2.45. The van der Waals surface area contributed by atoms with Crippen molar-refractivity contribution in [1.29, 1.82) is 0 Å². The van der Waals surface area contributed by atoms with Crippen molar-refractivity contribution in [3.63, 3.8) is 0 Å². The van der Waals surface area contributed by atoms with Crippen LogP contribution in [-0.4, -0.2) is 34.9 Å². The molecule has 4 nitrogen and oxygen atoms in total. The van der Waals surface area contributed by atoms with Gasteiger partial charge in [0.2, 0.25) is 5.91 Å². The van der Waals surface area contributed by atoms with Gasteiger partial charge in [-0.05, 0) is 89.9 Å². The molecule has 0 saturated heterocycles. The smallest absolute Gasteiger partial charge is 0.220 e. The zero-order chi connectivity index (χ0) is 55.5. The average molecular weight is 1070 g/mol. The quantitative estimate of drug-likeness (QED) is 0.0420. The molecule has 2 unspecified atom stereocenters. The normalized spacial score (nSPS) is 13.6. The van der Waals surface area contributed by atoms with Crippen LogP contribution in [0.4, 0.5) is 0 Å². The predicted molar refractivity (Wildman–Crippen MR) is 345 cm³/mol. The summed E-state index contributed by atoms with van der Waals surface area (Å²) in [5, 5.41) is 23.3. The van der Waals surface area contributed by atoms with Gasteiger partial charge in [-0.15, -0.1) is 0 Å². The molecular weight excluding hydrogens is 939 g/mol. The molecule has 0 aliphatic carbocycles. The summed E-state index contributed by atoms with van der Waals surface area (Å²) in [5.41, 5.74) is 0. The SMILES string of the molecule is CC/C=C\C/C=C\C/C=C\C/C=C\C/C=C\C/C=C\C/C=C\C/C=C\C/C=C\CCCCCCCCCCCCCC(=O)NC(CO)C(O)/C=C/CCCCCCCCCCCCCCCCCCCCCCCCCC. The Labute approximate surface area is 479 Å². The van der Waals surface area contributed by atoms with Crippen LogP contribution in [0.1, 0.15) is 316 Å². The van der Waals surface area contributed by atoms with Crippen LogP contribution >= 0.6 is 0 Å². The highest BCUT2D eigenvalue weighted by molar-refractivity contribution is 5.76. The van der Waals surface area contributed by atoms with Crippen LogP contribution in [0.3, 0.4) is 0 Å². The van der Waals surface area contributed by atoms with Gasteiger partial charge in [0.05, 0.1) is 18.8 Å². The van der Waals surface area contributed by atoms with Crippen LogP contribution in [0, 0.1) is 0 Å². The van der Waals surface area contributed by atoms with E-state index in [2.05, 4.69) is 129 Å². The fraction of sp³-hybridized carbons (Fsp3) is 0.712. The van der Waals surface area contributed by atoms with Crippen molar-refractivity contribution in [2.45, 2.75) is 328 Å². The summed E-state index contributed by atoms with van der Waals surface area (Å²) in [7, 11) is 0. The molecule has 0 spiro atoms. The molecule has 0 heterocycles.